The van der Waals surface area contributed by atoms with Crippen LogP contribution in [0.15, 0.2) is 21.5 Å². The van der Waals surface area contributed by atoms with E-state index in [1.807, 2.05) is 0 Å². The molecule has 0 aromatic carbocycles. The fourth-order valence-corrected chi connectivity index (χ4v) is 3.12. The Hall–Kier alpha value is -0.820. The molecule has 0 unspecified atom stereocenters. The van der Waals surface area contributed by atoms with Gasteiger partial charge >= 0.3 is 11.2 Å². The van der Waals surface area contributed by atoms with Gasteiger partial charge in [0.1, 0.15) is 0 Å². The number of rotatable bonds is 4. The van der Waals surface area contributed by atoms with Crippen molar-refractivity contribution in [2.45, 2.75) is 25.8 Å². The minimum atomic E-state index is -0.641. The molecule has 7 heteroatoms. The number of halogens is 1. The van der Waals surface area contributed by atoms with Gasteiger partial charge in [-0.05, 0) is 39.9 Å². The average molecular weight is 333 g/mol. The van der Waals surface area contributed by atoms with E-state index in [4.69, 9.17) is 0 Å². The lowest BCUT2D eigenvalue weighted by Gasteiger charge is -2.41. The third kappa shape index (κ3) is 2.47. The molecule has 2 rings (SSSR count). The maximum absolute atomic E-state index is 12.0. The number of hydrogen-bond donors (Lipinski definition) is 1. The number of hydrogen-bond acceptors (Lipinski definition) is 4. The third-order valence-corrected chi connectivity index (χ3v) is 4.59. The molecule has 0 bridgehead atoms. The van der Waals surface area contributed by atoms with E-state index in [1.165, 1.54) is 10.6 Å². The molecule has 1 aromatic rings. The van der Waals surface area contributed by atoms with E-state index in [9.17, 15) is 14.9 Å². The predicted octanol–water partition coefficient (Wildman–Crippen LogP) is 2.62. The quantitative estimate of drug-likeness (QED) is 0.523. The van der Waals surface area contributed by atoms with Crippen molar-refractivity contribution < 1.29 is 4.92 Å². The highest BCUT2D eigenvalue weighted by molar-refractivity contribution is 9.10. The molecule has 0 amide bonds. The van der Waals surface area contributed by atoms with Crippen molar-refractivity contribution in [1.82, 2.24) is 4.57 Å². The lowest BCUT2D eigenvalue weighted by molar-refractivity contribution is -0.386. The van der Waals surface area contributed by atoms with Gasteiger partial charge in [0.15, 0.2) is 0 Å². The Bertz CT molecular complexity index is 534. The molecule has 1 aliphatic carbocycles. The molecular weight excluding hydrogens is 320 g/mol. The molecule has 0 atom stereocenters. The van der Waals surface area contributed by atoms with Crippen LogP contribution in [-0.2, 0) is 6.54 Å². The maximum Gasteiger partial charge on any atom is 0.335 e. The van der Waals surface area contributed by atoms with Crippen molar-refractivity contribution in [1.29, 1.82) is 0 Å². The summed E-state index contributed by atoms with van der Waals surface area (Å²) in [4.78, 5) is 22.1. The Kier molecular flexibility index (Phi) is 3.82. The molecule has 98 valence electrons. The fourth-order valence-electron chi connectivity index (χ4n) is 2.24. The van der Waals surface area contributed by atoms with Crippen LogP contribution >= 0.6 is 28.6 Å². The van der Waals surface area contributed by atoms with Crippen molar-refractivity contribution in [2.24, 2.45) is 5.41 Å². The van der Waals surface area contributed by atoms with Crippen LogP contribution in [0, 0.1) is 15.5 Å². The topological polar surface area (TPSA) is 65.1 Å². The van der Waals surface area contributed by atoms with Crippen molar-refractivity contribution >= 4 is 34.2 Å². The first-order chi connectivity index (χ1) is 8.47. The second-order valence-electron chi connectivity index (χ2n) is 4.75. The molecule has 18 heavy (non-hydrogen) atoms. The Morgan fingerprint density at radius 1 is 1.56 bits per heavy atom. The average Bonchev–Trinajstić information content (AvgIpc) is 2.27. The Morgan fingerprint density at radius 2 is 2.22 bits per heavy atom. The summed E-state index contributed by atoms with van der Waals surface area (Å²) in [6.45, 7) is 0.496. The molecule has 1 saturated carbocycles. The normalized spacial score (nSPS) is 17.2. The smallest absolute Gasteiger partial charge is 0.308 e. The van der Waals surface area contributed by atoms with Gasteiger partial charge in [-0.2, -0.15) is 12.6 Å². The summed E-state index contributed by atoms with van der Waals surface area (Å²) in [5.74, 6) is 0.694. The molecule has 1 aromatic heterocycles. The summed E-state index contributed by atoms with van der Waals surface area (Å²) in [5.41, 5.74) is -0.920. The van der Waals surface area contributed by atoms with Crippen molar-refractivity contribution in [3.63, 3.8) is 0 Å². The number of nitro groups is 1. The van der Waals surface area contributed by atoms with E-state index in [2.05, 4.69) is 28.6 Å². The number of pyridine rings is 1. The van der Waals surface area contributed by atoms with Gasteiger partial charge in [0.05, 0.1) is 4.92 Å². The van der Waals surface area contributed by atoms with Gasteiger partial charge in [-0.3, -0.25) is 14.9 Å². The molecular formula is C11H13BrN2O3S. The van der Waals surface area contributed by atoms with Crippen LogP contribution in [0.3, 0.4) is 0 Å². The van der Waals surface area contributed by atoms with E-state index < -0.39 is 16.2 Å². The minimum Gasteiger partial charge on any atom is -0.308 e. The predicted molar refractivity (Wildman–Crippen MR) is 75.2 cm³/mol. The van der Waals surface area contributed by atoms with Gasteiger partial charge in [-0.1, -0.05) is 6.42 Å². The molecule has 0 N–H and O–H groups in total. The van der Waals surface area contributed by atoms with Gasteiger partial charge < -0.3 is 4.57 Å². The largest absolute Gasteiger partial charge is 0.335 e. The molecule has 1 aliphatic rings. The third-order valence-electron chi connectivity index (χ3n) is 3.49. The monoisotopic (exact) mass is 332 g/mol. The Balaban J connectivity index is 2.39. The highest BCUT2D eigenvalue weighted by Gasteiger charge is 2.36. The van der Waals surface area contributed by atoms with Gasteiger partial charge in [0.2, 0.25) is 0 Å². The van der Waals surface area contributed by atoms with Crippen LogP contribution in [-0.4, -0.2) is 15.2 Å². The Morgan fingerprint density at radius 3 is 2.67 bits per heavy atom. The summed E-state index contributed by atoms with van der Waals surface area (Å²) < 4.78 is 1.97. The molecule has 0 saturated heterocycles. The van der Waals surface area contributed by atoms with Crippen LogP contribution in [0.2, 0.25) is 0 Å². The van der Waals surface area contributed by atoms with Crippen LogP contribution in [0.5, 0.6) is 0 Å². The number of aromatic nitrogens is 1. The number of thiol groups is 1. The van der Waals surface area contributed by atoms with E-state index in [0.29, 0.717) is 16.8 Å². The van der Waals surface area contributed by atoms with Crippen molar-refractivity contribution in [3.05, 3.63) is 37.2 Å². The summed E-state index contributed by atoms with van der Waals surface area (Å²) in [6, 6.07) is 1.24. The van der Waals surface area contributed by atoms with Gasteiger partial charge in [-0.25, -0.2) is 0 Å². The van der Waals surface area contributed by atoms with Crippen LogP contribution in [0.4, 0.5) is 5.69 Å². The summed E-state index contributed by atoms with van der Waals surface area (Å²) in [7, 11) is 0. The first-order valence-electron chi connectivity index (χ1n) is 5.63. The summed E-state index contributed by atoms with van der Waals surface area (Å²) in [5, 5.41) is 10.8. The minimum absolute atomic E-state index is 0.0155. The molecule has 5 nitrogen and oxygen atoms in total. The highest BCUT2D eigenvalue weighted by atomic mass is 79.9. The zero-order chi connectivity index (χ0) is 13.3. The molecule has 1 fully saturated rings. The van der Waals surface area contributed by atoms with E-state index >= 15 is 0 Å². The van der Waals surface area contributed by atoms with Crippen LogP contribution < -0.4 is 5.56 Å². The van der Waals surface area contributed by atoms with Crippen LogP contribution in [0.1, 0.15) is 19.3 Å². The summed E-state index contributed by atoms with van der Waals surface area (Å²) in [6.07, 6.45) is 4.77. The zero-order valence-electron chi connectivity index (χ0n) is 9.63. The highest BCUT2D eigenvalue weighted by Crippen LogP contribution is 2.43. The maximum atomic E-state index is 12.0. The molecule has 0 aliphatic heterocycles. The Labute approximate surface area is 118 Å². The van der Waals surface area contributed by atoms with Gasteiger partial charge in [0.25, 0.3) is 0 Å². The standard InChI is InChI=1S/C11H13BrN2O3S/c12-8-4-9(14(16)17)10(15)13(5-8)6-11(7-18)2-1-3-11/h4-5,18H,1-3,6-7H2. The van der Waals surface area contributed by atoms with Gasteiger partial charge in [0, 0.05) is 23.3 Å². The van der Waals surface area contributed by atoms with E-state index in [0.717, 1.165) is 19.3 Å². The second-order valence-corrected chi connectivity index (χ2v) is 5.98. The van der Waals surface area contributed by atoms with Crippen molar-refractivity contribution in [3.8, 4) is 0 Å². The first kappa shape index (κ1) is 13.6. The lowest BCUT2D eigenvalue weighted by atomic mass is 9.70. The molecule has 0 radical (unpaired) electrons. The zero-order valence-corrected chi connectivity index (χ0v) is 12.1. The van der Waals surface area contributed by atoms with Gasteiger partial charge in [-0.15, -0.1) is 0 Å². The SMILES string of the molecule is O=c1c([N+](=O)[O-])cc(Br)cn1CC1(CS)CCC1. The van der Waals surface area contributed by atoms with E-state index in [1.54, 1.807) is 6.20 Å². The van der Waals surface area contributed by atoms with Crippen LogP contribution in [0.25, 0.3) is 0 Å². The lowest BCUT2D eigenvalue weighted by Crippen LogP contribution is -2.39. The van der Waals surface area contributed by atoms with Crippen molar-refractivity contribution in [2.75, 3.05) is 5.75 Å². The second kappa shape index (κ2) is 5.05. The fraction of sp³-hybridized carbons (Fsp3) is 0.545. The molecule has 0 spiro atoms. The summed E-state index contributed by atoms with van der Waals surface area (Å²) >= 11 is 7.53. The first-order valence-corrected chi connectivity index (χ1v) is 7.05. The number of nitrogens with zero attached hydrogens (tertiary/aromatic N) is 2. The molecule has 1 heterocycles. The van der Waals surface area contributed by atoms with E-state index in [-0.39, 0.29) is 5.41 Å².